The number of benzene rings is 2. The summed E-state index contributed by atoms with van der Waals surface area (Å²) in [5, 5.41) is 0. The molecule has 0 fully saturated rings. The molecule has 0 aliphatic carbocycles. The number of sulfonamides is 1. The minimum Gasteiger partial charge on any atom is -0.492 e. The van der Waals surface area contributed by atoms with E-state index in [1.165, 1.54) is 31.2 Å². The summed E-state index contributed by atoms with van der Waals surface area (Å²) in [5.74, 6) is -0.549. The van der Waals surface area contributed by atoms with Crippen molar-refractivity contribution in [2.45, 2.75) is 19.4 Å². The van der Waals surface area contributed by atoms with Crippen molar-refractivity contribution < 1.29 is 27.5 Å². The molecule has 1 aliphatic rings. The molecule has 0 saturated heterocycles. The van der Waals surface area contributed by atoms with Crippen LogP contribution in [0.2, 0.25) is 0 Å². The van der Waals surface area contributed by atoms with Crippen LogP contribution >= 0.6 is 0 Å². The standard InChI is InChI=1S/C20H21NO6S/c1-13(19(22)14-7-9-17(10-8-14)21-28(2,24)25)27-20(23)16-11-15-5-3-4-6-18(15)26-12-16/h3-10,13,16,21H,11-12H2,1-2H3/t13-,16+/m1/s1. The molecule has 0 amide bonds. The molecule has 1 heterocycles. The quantitative estimate of drug-likeness (QED) is 0.588. The van der Waals surface area contributed by atoms with Crippen molar-refractivity contribution in [2.24, 2.45) is 5.92 Å². The predicted octanol–water partition coefficient (Wildman–Crippen LogP) is 2.42. The van der Waals surface area contributed by atoms with E-state index in [-0.39, 0.29) is 12.4 Å². The van der Waals surface area contributed by atoms with Gasteiger partial charge in [-0.3, -0.25) is 14.3 Å². The maximum absolute atomic E-state index is 12.5. The fraction of sp³-hybridized carbons (Fsp3) is 0.300. The van der Waals surface area contributed by atoms with Crippen molar-refractivity contribution in [1.82, 2.24) is 0 Å². The van der Waals surface area contributed by atoms with Gasteiger partial charge in [0.15, 0.2) is 6.10 Å². The summed E-state index contributed by atoms with van der Waals surface area (Å²) in [7, 11) is -3.39. The Morgan fingerprint density at radius 2 is 1.82 bits per heavy atom. The minimum atomic E-state index is -3.39. The number of hydrogen-bond donors (Lipinski definition) is 1. The van der Waals surface area contributed by atoms with Crippen LogP contribution in [-0.4, -0.2) is 39.1 Å². The summed E-state index contributed by atoms with van der Waals surface area (Å²) in [6, 6.07) is 13.4. The second kappa shape index (κ2) is 8.02. The van der Waals surface area contributed by atoms with Crippen LogP contribution < -0.4 is 9.46 Å². The van der Waals surface area contributed by atoms with Crippen molar-refractivity contribution in [3.05, 3.63) is 59.7 Å². The Hall–Kier alpha value is -2.87. The fourth-order valence-electron chi connectivity index (χ4n) is 2.95. The van der Waals surface area contributed by atoms with E-state index in [0.29, 0.717) is 17.7 Å². The summed E-state index contributed by atoms with van der Waals surface area (Å²) >= 11 is 0. The molecule has 3 rings (SSSR count). The van der Waals surface area contributed by atoms with Gasteiger partial charge in [-0.25, -0.2) is 8.42 Å². The third-order valence-electron chi connectivity index (χ3n) is 4.35. The SMILES string of the molecule is C[C@@H](OC(=O)[C@@H]1COc2ccccc2C1)C(=O)c1ccc(NS(C)(=O)=O)cc1. The highest BCUT2D eigenvalue weighted by atomic mass is 32.2. The van der Waals surface area contributed by atoms with Crippen molar-refractivity contribution in [3.63, 3.8) is 0 Å². The molecule has 1 N–H and O–H groups in total. The first kappa shape index (κ1) is 19.9. The van der Waals surface area contributed by atoms with Crippen molar-refractivity contribution in [2.75, 3.05) is 17.6 Å². The van der Waals surface area contributed by atoms with E-state index in [9.17, 15) is 18.0 Å². The Labute approximate surface area is 163 Å². The number of Topliss-reactive ketones (excluding diaryl/α,β-unsaturated/α-hetero) is 1. The number of rotatable bonds is 6. The van der Waals surface area contributed by atoms with E-state index in [1.54, 1.807) is 0 Å². The van der Waals surface area contributed by atoms with E-state index >= 15 is 0 Å². The lowest BCUT2D eigenvalue weighted by atomic mass is 9.97. The first-order valence-electron chi connectivity index (χ1n) is 8.76. The largest absolute Gasteiger partial charge is 0.492 e. The summed E-state index contributed by atoms with van der Waals surface area (Å²) < 4.78 is 35.7. The number of carbonyl (C=O) groups excluding carboxylic acids is 2. The Morgan fingerprint density at radius 1 is 1.14 bits per heavy atom. The van der Waals surface area contributed by atoms with Gasteiger partial charge in [0.2, 0.25) is 15.8 Å². The van der Waals surface area contributed by atoms with Crippen LogP contribution in [-0.2, 0) is 26.0 Å². The lowest BCUT2D eigenvalue weighted by molar-refractivity contribution is -0.152. The molecular formula is C20H21NO6S. The highest BCUT2D eigenvalue weighted by Gasteiger charge is 2.30. The third kappa shape index (κ3) is 4.89. The minimum absolute atomic E-state index is 0.211. The fourth-order valence-corrected chi connectivity index (χ4v) is 3.52. The molecule has 2 aromatic rings. The second-order valence-electron chi connectivity index (χ2n) is 6.71. The van der Waals surface area contributed by atoms with Gasteiger partial charge in [0.25, 0.3) is 0 Å². The number of anilines is 1. The lowest BCUT2D eigenvalue weighted by Crippen LogP contribution is -2.34. The molecule has 28 heavy (non-hydrogen) atoms. The molecule has 148 valence electrons. The zero-order chi connectivity index (χ0) is 20.3. The second-order valence-corrected chi connectivity index (χ2v) is 8.46. The van der Waals surface area contributed by atoms with Crippen molar-refractivity contribution >= 4 is 27.5 Å². The van der Waals surface area contributed by atoms with Crippen LogP contribution in [0.1, 0.15) is 22.8 Å². The van der Waals surface area contributed by atoms with Gasteiger partial charge in [0.05, 0.1) is 12.2 Å². The number of nitrogens with one attached hydrogen (secondary N) is 1. The maximum Gasteiger partial charge on any atom is 0.313 e. The number of carbonyl (C=O) groups is 2. The Kier molecular flexibility index (Phi) is 5.69. The van der Waals surface area contributed by atoms with Crippen LogP contribution in [0.25, 0.3) is 0 Å². The van der Waals surface area contributed by atoms with Gasteiger partial charge in [-0.15, -0.1) is 0 Å². The van der Waals surface area contributed by atoms with Crippen molar-refractivity contribution in [3.8, 4) is 5.75 Å². The van der Waals surface area contributed by atoms with E-state index in [2.05, 4.69) is 4.72 Å². The molecule has 2 aromatic carbocycles. The zero-order valence-corrected chi connectivity index (χ0v) is 16.4. The highest BCUT2D eigenvalue weighted by Crippen LogP contribution is 2.27. The number of ether oxygens (including phenoxy) is 2. The predicted molar refractivity (Wildman–Crippen MR) is 104 cm³/mol. The monoisotopic (exact) mass is 403 g/mol. The summed E-state index contributed by atoms with van der Waals surface area (Å²) in [6.45, 7) is 1.73. The van der Waals surface area contributed by atoms with Crippen LogP contribution in [0, 0.1) is 5.92 Å². The van der Waals surface area contributed by atoms with E-state index in [0.717, 1.165) is 17.6 Å². The molecule has 7 nitrogen and oxygen atoms in total. The van der Waals surface area contributed by atoms with Crippen LogP contribution in [0.5, 0.6) is 5.75 Å². The topological polar surface area (TPSA) is 98.8 Å². The number of hydrogen-bond acceptors (Lipinski definition) is 6. The van der Waals surface area contributed by atoms with Gasteiger partial charge >= 0.3 is 5.97 Å². The third-order valence-corrected chi connectivity index (χ3v) is 4.95. The molecule has 8 heteroatoms. The van der Waals surface area contributed by atoms with Crippen molar-refractivity contribution in [1.29, 1.82) is 0 Å². The Bertz CT molecular complexity index is 984. The molecule has 1 aliphatic heterocycles. The highest BCUT2D eigenvalue weighted by molar-refractivity contribution is 7.92. The smallest absolute Gasteiger partial charge is 0.313 e. The maximum atomic E-state index is 12.5. The van der Waals surface area contributed by atoms with Gasteiger partial charge < -0.3 is 9.47 Å². The molecule has 0 aromatic heterocycles. The number of ketones is 1. The summed E-state index contributed by atoms with van der Waals surface area (Å²) in [5.41, 5.74) is 1.61. The average molecular weight is 403 g/mol. The lowest BCUT2D eigenvalue weighted by Gasteiger charge is -2.25. The van der Waals surface area contributed by atoms with Crippen LogP contribution in [0.3, 0.4) is 0 Å². The molecule has 2 atom stereocenters. The first-order chi connectivity index (χ1) is 13.2. The number of fused-ring (bicyclic) bond motifs is 1. The van der Waals surface area contributed by atoms with E-state index < -0.39 is 28.0 Å². The van der Waals surface area contributed by atoms with Crippen LogP contribution in [0.15, 0.2) is 48.5 Å². The van der Waals surface area contributed by atoms with Gasteiger partial charge in [0.1, 0.15) is 12.4 Å². The van der Waals surface area contributed by atoms with Gasteiger partial charge in [-0.1, -0.05) is 18.2 Å². The van der Waals surface area contributed by atoms with Crippen LogP contribution in [0.4, 0.5) is 5.69 Å². The van der Waals surface area contributed by atoms with Gasteiger partial charge in [0, 0.05) is 11.3 Å². The Morgan fingerprint density at radius 3 is 2.50 bits per heavy atom. The average Bonchev–Trinajstić information content (AvgIpc) is 2.66. The molecule has 0 bridgehead atoms. The molecule has 0 radical (unpaired) electrons. The molecule has 0 saturated carbocycles. The summed E-state index contributed by atoms with van der Waals surface area (Å²) in [6.07, 6.45) is 0.585. The molecule has 0 spiro atoms. The molecule has 0 unspecified atom stereocenters. The van der Waals surface area contributed by atoms with Gasteiger partial charge in [-0.05, 0) is 49.2 Å². The number of para-hydroxylation sites is 1. The Balaban J connectivity index is 1.60. The zero-order valence-electron chi connectivity index (χ0n) is 15.5. The van der Waals surface area contributed by atoms with E-state index in [1.807, 2.05) is 24.3 Å². The number of esters is 1. The van der Waals surface area contributed by atoms with Gasteiger partial charge in [-0.2, -0.15) is 0 Å². The first-order valence-corrected chi connectivity index (χ1v) is 10.7. The normalized spacial score (nSPS) is 17.0. The molecular weight excluding hydrogens is 382 g/mol. The van der Waals surface area contributed by atoms with E-state index in [4.69, 9.17) is 9.47 Å². The summed E-state index contributed by atoms with van der Waals surface area (Å²) in [4.78, 5) is 24.9.